The second kappa shape index (κ2) is 6.38. The second-order valence-corrected chi connectivity index (χ2v) is 6.77. The molecule has 0 radical (unpaired) electrons. The third kappa shape index (κ3) is 3.12. The summed E-state index contributed by atoms with van der Waals surface area (Å²) < 4.78 is 26.0. The Hall–Kier alpha value is -2.77. The van der Waals surface area contributed by atoms with Crippen LogP contribution in [0.3, 0.4) is 0 Å². The lowest BCUT2D eigenvalue weighted by molar-refractivity contribution is 0.111. The number of primary sulfonamides is 1. The second-order valence-electron chi connectivity index (χ2n) is 5.27. The highest BCUT2D eigenvalue weighted by Gasteiger charge is 2.20. The lowest BCUT2D eigenvalue weighted by Crippen LogP contribution is -2.17. The molecule has 2 N–H and O–H groups in total. The fourth-order valence-corrected chi connectivity index (χ4v) is 3.63. The molecule has 1 aromatic heterocycles. The van der Waals surface area contributed by atoms with Gasteiger partial charge in [0.15, 0.2) is 6.29 Å². The number of benzene rings is 2. The first-order valence-electron chi connectivity index (χ1n) is 7.16. The van der Waals surface area contributed by atoms with Crippen LogP contribution in [-0.4, -0.2) is 24.3 Å². The first-order valence-corrected chi connectivity index (χ1v) is 8.71. The third-order valence-corrected chi connectivity index (χ3v) is 4.72. The molecule has 0 aliphatic heterocycles. The number of carbonyl (C=O) groups is 1. The molecule has 2 aromatic carbocycles. The van der Waals surface area contributed by atoms with Crippen LogP contribution < -0.4 is 5.14 Å². The highest BCUT2D eigenvalue weighted by molar-refractivity contribution is 7.89. The third-order valence-electron chi connectivity index (χ3n) is 3.67. The van der Waals surface area contributed by atoms with Gasteiger partial charge in [-0.15, -0.1) is 0 Å². The summed E-state index contributed by atoms with van der Waals surface area (Å²) in [6.07, 6.45) is 3.57. The number of sulfonamides is 1. The summed E-state index contributed by atoms with van der Waals surface area (Å²) in [4.78, 5) is 15.0. The van der Waals surface area contributed by atoms with Gasteiger partial charge in [0.2, 0.25) is 10.0 Å². The van der Waals surface area contributed by atoms with E-state index in [4.69, 9.17) is 5.14 Å². The molecule has 0 aliphatic rings. The summed E-state index contributed by atoms with van der Waals surface area (Å²) in [5.74, 6) is 0. The van der Waals surface area contributed by atoms with Crippen molar-refractivity contribution in [2.75, 3.05) is 0 Å². The molecular weight excluding hydrogens is 326 g/mol. The predicted octanol–water partition coefficient (Wildman–Crippen LogP) is 2.06. The quantitative estimate of drug-likeness (QED) is 0.719. The molecule has 0 spiro atoms. The molecule has 24 heavy (non-hydrogen) atoms. The maximum absolute atomic E-state index is 12.2. The number of rotatable bonds is 5. The summed E-state index contributed by atoms with van der Waals surface area (Å²) in [5.41, 5.74) is 2.15. The molecule has 0 aliphatic carbocycles. The van der Waals surface area contributed by atoms with E-state index in [2.05, 4.69) is 4.98 Å². The Morgan fingerprint density at radius 2 is 1.83 bits per heavy atom. The summed E-state index contributed by atoms with van der Waals surface area (Å²) in [7, 11) is -3.96. The number of hydrogen-bond acceptors (Lipinski definition) is 4. The van der Waals surface area contributed by atoms with Crippen LogP contribution in [-0.2, 0) is 16.6 Å². The number of imidazole rings is 1. The Balaban J connectivity index is 2.19. The maximum Gasteiger partial charge on any atom is 0.239 e. The van der Waals surface area contributed by atoms with Crippen LogP contribution in [0.1, 0.15) is 16.1 Å². The van der Waals surface area contributed by atoms with Gasteiger partial charge in [0.05, 0.1) is 24.0 Å². The van der Waals surface area contributed by atoms with Crippen molar-refractivity contribution in [2.24, 2.45) is 5.14 Å². The van der Waals surface area contributed by atoms with Crippen molar-refractivity contribution in [3.63, 3.8) is 0 Å². The Labute approximate surface area is 139 Å². The lowest BCUT2D eigenvalue weighted by Gasteiger charge is -2.14. The summed E-state index contributed by atoms with van der Waals surface area (Å²) in [6, 6.07) is 14.3. The summed E-state index contributed by atoms with van der Waals surface area (Å²) in [6.45, 7) is 0.181. The van der Waals surface area contributed by atoms with Gasteiger partial charge in [-0.1, -0.05) is 48.5 Å². The minimum Gasteiger partial charge on any atom is -0.324 e. The minimum absolute atomic E-state index is 0.0572. The van der Waals surface area contributed by atoms with Crippen LogP contribution >= 0.6 is 0 Å². The standard InChI is InChI=1S/C17H15N3O3S/c18-24(22,23)17-14(10-20-12-19-9-15(20)11-21)7-4-8-16(17)13-5-2-1-3-6-13/h1-9,11-12H,10H2,(H2,18,22,23). The molecule has 0 amide bonds. The van der Waals surface area contributed by atoms with Gasteiger partial charge in [-0.2, -0.15) is 0 Å². The Bertz CT molecular complexity index is 979. The van der Waals surface area contributed by atoms with E-state index in [0.29, 0.717) is 23.1 Å². The normalized spacial score (nSPS) is 11.4. The van der Waals surface area contributed by atoms with Crippen LogP contribution in [0, 0.1) is 0 Å². The van der Waals surface area contributed by atoms with Gasteiger partial charge >= 0.3 is 0 Å². The monoisotopic (exact) mass is 341 g/mol. The number of aldehydes is 1. The molecule has 0 atom stereocenters. The number of carbonyl (C=O) groups excluding carboxylic acids is 1. The molecule has 0 fully saturated rings. The van der Waals surface area contributed by atoms with Gasteiger partial charge in [-0.3, -0.25) is 4.79 Å². The van der Waals surface area contributed by atoms with Gasteiger partial charge in [0, 0.05) is 5.56 Å². The molecule has 3 rings (SSSR count). The molecule has 0 bridgehead atoms. The van der Waals surface area contributed by atoms with Gasteiger partial charge < -0.3 is 4.57 Å². The van der Waals surface area contributed by atoms with Gasteiger partial charge in [0.1, 0.15) is 5.69 Å². The van der Waals surface area contributed by atoms with Crippen LogP contribution in [0.5, 0.6) is 0 Å². The van der Waals surface area contributed by atoms with E-state index in [1.54, 1.807) is 22.8 Å². The Kier molecular flexibility index (Phi) is 4.28. The molecule has 3 aromatic rings. The first kappa shape index (κ1) is 16.1. The molecule has 0 saturated carbocycles. The van der Waals surface area contributed by atoms with Gasteiger partial charge in [0.25, 0.3) is 0 Å². The molecular formula is C17H15N3O3S. The predicted molar refractivity (Wildman–Crippen MR) is 90.0 cm³/mol. The van der Waals surface area contributed by atoms with Crippen LogP contribution in [0.4, 0.5) is 0 Å². The van der Waals surface area contributed by atoms with Crippen molar-refractivity contribution < 1.29 is 13.2 Å². The molecule has 7 heteroatoms. The average Bonchev–Trinajstić information content (AvgIpc) is 3.01. The number of nitrogens with two attached hydrogens (primary N) is 1. The van der Waals surface area contributed by atoms with Crippen molar-refractivity contribution in [3.05, 3.63) is 72.3 Å². The fourth-order valence-electron chi connectivity index (χ4n) is 2.64. The Morgan fingerprint density at radius 1 is 1.08 bits per heavy atom. The Morgan fingerprint density at radius 3 is 2.50 bits per heavy atom. The van der Waals surface area contributed by atoms with Crippen LogP contribution in [0.15, 0.2) is 66.0 Å². The smallest absolute Gasteiger partial charge is 0.239 e. The molecule has 1 heterocycles. The number of hydrogen-bond donors (Lipinski definition) is 1. The molecule has 0 saturated heterocycles. The van der Waals surface area contributed by atoms with Gasteiger partial charge in [-0.05, 0) is 11.1 Å². The van der Waals surface area contributed by atoms with Crippen molar-refractivity contribution in [1.29, 1.82) is 0 Å². The van der Waals surface area contributed by atoms with Gasteiger partial charge in [-0.25, -0.2) is 18.5 Å². The summed E-state index contributed by atoms with van der Waals surface area (Å²) >= 11 is 0. The highest BCUT2D eigenvalue weighted by atomic mass is 32.2. The number of nitrogens with zero attached hydrogens (tertiary/aromatic N) is 2. The van der Waals surface area contributed by atoms with E-state index >= 15 is 0 Å². The highest BCUT2D eigenvalue weighted by Crippen LogP contribution is 2.30. The molecule has 6 nitrogen and oxygen atoms in total. The van der Waals surface area contributed by atoms with E-state index in [0.717, 1.165) is 5.56 Å². The van der Waals surface area contributed by atoms with E-state index < -0.39 is 10.0 Å². The largest absolute Gasteiger partial charge is 0.324 e. The molecule has 122 valence electrons. The number of aromatic nitrogens is 2. The zero-order valence-electron chi connectivity index (χ0n) is 12.7. The topological polar surface area (TPSA) is 95.1 Å². The van der Waals surface area contributed by atoms with E-state index in [1.807, 2.05) is 30.3 Å². The van der Waals surface area contributed by atoms with Crippen molar-refractivity contribution in [2.45, 2.75) is 11.4 Å². The van der Waals surface area contributed by atoms with Crippen LogP contribution in [0.2, 0.25) is 0 Å². The van der Waals surface area contributed by atoms with E-state index in [9.17, 15) is 13.2 Å². The van der Waals surface area contributed by atoms with Crippen molar-refractivity contribution >= 4 is 16.3 Å². The molecule has 0 unspecified atom stereocenters. The minimum atomic E-state index is -3.96. The first-order chi connectivity index (χ1) is 11.5. The average molecular weight is 341 g/mol. The zero-order chi connectivity index (χ0) is 17.2. The van der Waals surface area contributed by atoms with Crippen LogP contribution in [0.25, 0.3) is 11.1 Å². The fraction of sp³-hybridized carbons (Fsp3) is 0.0588. The SMILES string of the molecule is NS(=O)(=O)c1c(Cn2cncc2C=O)cccc1-c1ccccc1. The van der Waals surface area contributed by atoms with Crippen molar-refractivity contribution in [3.8, 4) is 11.1 Å². The maximum atomic E-state index is 12.2. The van der Waals surface area contributed by atoms with E-state index in [-0.39, 0.29) is 11.4 Å². The van der Waals surface area contributed by atoms with Crippen molar-refractivity contribution in [1.82, 2.24) is 9.55 Å². The van der Waals surface area contributed by atoms with E-state index in [1.165, 1.54) is 12.5 Å². The lowest BCUT2D eigenvalue weighted by atomic mass is 10.0. The zero-order valence-corrected chi connectivity index (χ0v) is 13.5. The summed E-state index contributed by atoms with van der Waals surface area (Å²) in [5, 5.41) is 5.47.